The number of anilines is 1. The molecule has 0 aliphatic carbocycles. The van der Waals surface area contributed by atoms with E-state index in [1.807, 2.05) is 0 Å². The van der Waals surface area contributed by atoms with Gasteiger partial charge in [-0.1, -0.05) is 11.3 Å². The summed E-state index contributed by atoms with van der Waals surface area (Å²) in [6.45, 7) is 0.303. The van der Waals surface area contributed by atoms with Gasteiger partial charge in [-0.15, -0.1) is 10.2 Å². The van der Waals surface area contributed by atoms with Crippen molar-refractivity contribution in [3.05, 3.63) is 29.3 Å². The standard InChI is InChI=1S/C11H13N3O3S2/c1-12-11-14-13-10(18-11)7-17-8-3-5-9(6-4-8)19(2,15)16/h3-6H,7H2,1-2H3,(H,12,14). The molecule has 19 heavy (non-hydrogen) atoms. The van der Waals surface area contributed by atoms with E-state index in [1.54, 1.807) is 19.2 Å². The lowest BCUT2D eigenvalue weighted by molar-refractivity contribution is 0.304. The maximum absolute atomic E-state index is 11.3. The van der Waals surface area contributed by atoms with Gasteiger partial charge in [-0.25, -0.2) is 8.42 Å². The quantitative estimate of drug-likeness (QED) is 0.902. The molecule has 6 nitrogen and oxygen atoms in total. The van der Waals surface area contributed by atoms with Crippen LogP contribution >= 0.6 is 11.3 Å². The van der Waals surface area contributed by atoms with Crippen LogP contribution in [0.3, 0.4) is 0 Å². The van der Waals surface area contributed by atoms with Crippen molar-refractivity contribution in [3.8, 4) is 5.75 Å². The first-order valence-electron chi connectivity index (χ1n) is 5.42. The van der Waals surface area contributed by atoms with Gasteiger partial charge in [0.1, 0.15) is 12.4 Å². The molecule has 2 aromatic rings. The molecule has 0 radical (unpaired) electrons. The minimum atomic E-state index is -3.17. The summed E-state index contributed by atoms with van der Waals surface area (Å²) in [4.78, 5) is 0.272. The maximum atomic E-state index is 11.3. The molecule has 0 fully saturated rings. The number of hydrogen-bond acceptors (Lipinski definition) is 7. The molecule has 0 saturated carbocycles. The van der Waals surface area contributed by atoms with Crippen molar-refractivity contribution >= 4 is 26.3 Å². The highest BCUT2D eigenvalue weighted by Gasteiger charge is 2.07. The molecule has 102 valence electrons. The summed E-state index contributed by atoms with van der Waals surface area (Å²) in [5, 5.41) is 12.2. The fraction of sp³-hybridized carbons (Fsp3) is 0.273. The highest BCUT2D eigenvalue weighted by atomic mass is 32.2. The Labute approximate surface area is 115 Å². The summed E-state index contributed by atoms with van der Waals surface area (Å²) in [6, 6.07) is 6.28. The van der Waals surface area contributed by atoms with Crippen molar-refractivity contribution in [3.63, 3.8) is 0 Å². The van der Waals surface area contributed by atoms with E-state index >= 15 is 0 Å². The van der Waals surface area contributed by atoms with Crippen molar-refractivity contribution < 1.29 is 13.2 Å². The van der Waals surface area contributed by atoms with Gasteiger partial charge in [0.05, 0.1) is 4.90 Å². The fourth-order valence-corrected chi connectivity index (χ4v) is 2.58. The Bertz CT molecular complexity index is 650. The molecule has 0 amide bonds. The number of sulfone groups is 1. The molecule has 0 bridgehead atoms. The Balaban J connectivity index is 2.00. The Hall–Kier alpha value is -1.67. The third kappa shape index (κ3) is 3.65. The fourth-order valence-electron chi connectivity index (χ4n) is 1.34. The van der Waals surface area contributed by atoms with Crippen LogP contribution in [0.4, 0.5) is 5.13 Å². The average molecular weight is 299 g/mol. The number of hydrogen-bond donors (Lipinski definition) is 1. The van der Waals surface area contributed by atoms with Crippen LogP contribution in [-0.2, 0) is 16.4 Å². The molecular weight excluding hydrogens is 286 g/mol. The molecule has 8 heteroatoms. The summed E-state index contributed by atoms with van der Waals surface area (Å²) in [6.07, 6.45) is 1.17. The van der Waals surface area contributed by atoms with E-state index in [1.165, 1.54) is 29.7 Å². The normalized spacial score (nSPS) is 11.3. The van der Waals surface area contributed by atoms with Crippen molar-refractivity contribution in [2.75, 3.05) is 18.6 Å². The van der Waals surface area contributed by atoms with Crippen LogP contribution in [0.25, 0.3) is 0 Å². The molecule has 1 aromatic heterocycles. The molecule has 0 spiro atoms. The maximum Gasteiger partial charge on any atom is 0.205 e. The second kappa shape index (κ2) is 5.54. The third-order valence-corrected chi connectivity index (χ3v) is 4.34. The summed E-state index contributed by atoms with van der Waals surface area (Å²) in [5.74, 6) is 0.591. The molecule has 0 unspecified atom stereocenters. The summed E-state index contributed by atoms with van der Waals surface area (Å²) in [5.41, 5.74) is 0. The SMILES string of the molecule is CNc1nnc(COc2ccc(S(C)(=O)=O)cc2)s1. The smallest absolute Gasteiger partial charge is 0.205 e. The van der Waals surface area contributed by atoms with E-state index in [4.69, 9.17) is 4.74 Å². The van der Waals surface area contributed by atoms with Gasteiger partial charge >= 0.3 is 0 Å². The van der Waals surface area contributed by atoms with E-state index in [9.17, 15) is 8.42 Å². The van der Waals surface area contributed by atoms with Crippen LogP contribution in [0.1, 0.15) is 5.01 Å². The minimum absolute atomic E-state index is 0.272. The molecule has 0 saturated heterocycles. The first-order chi connectivity index (χ1) is 8.99. The molecule has 0 aliphatic heterocycles. The van der Waals surface area contributed by atoms with Gasteiger partial charge in [-0.2, -0.15) is 0 Å². The third-order valence-electron chi connectivity index (χ3n) is 2.29. The van der Waals surface area contributed by atoms with Gasteiger partial charge < -0.3 is 10.1 Å². The zero-order valence-corrected chi connectivity index (χ0v) is 12.1. The molecule has 1 N–H and O–H groups in total. The Morgan fingerprint density at radius 2 is 1.95 bits per heavy atom. The zero-order chi connectivity index (χ0) is 13.9. The number of rotatable bonds is 5. The number of ether oxygens (including phenoxy) is 1. The second-order valence-corrected chi connectivity index (χ2v) is 6.86. The number of nitrogens with zero attached hydrogens (tertiary/aromatic N) is 2. The summed E-state index contributed by atoms with van der Waals surface area (Å²) < 4.78 is 28.1. The summed E-state index contributed by atoms with van der Waals surface area (Å²) in [7, 11) is -1.40. The molecular formula is C11H13N3O3S2. The largest absolute Gasteiger partial charge is 0.486 e. The van der Waals surface area contributed by atoms with Crippen LogP contribution in [0.2, 0.25) is 0 Å². The van der Waals surface area contributed by atoms with Crippen LogP contribution in [0.5, 0.6) is 5.75 Å². The van der Waals surface area contributed by atoms with E-state index in [2.05, 4.69) is 15.5 Å². The van der Waals surface area contributed by atoms with Crippen molar-refractivity contribution in [2.45, 2.75) is 11.5 Å². The van der Waals surface area contributed by atoms with Gasteiger partial charge in [-0.05, 0) is 24.3 Å². The second-order valence-electron chi connectivity index (χ2n) is 3.78. The van der Waals surface area contributed by atoms with Crippen LogP contribution in [0, 0.1) is 0 Å². The highest BCUT2D eigenvalue weighted by Crippen LogP contribution is 2.19. The van der Waals surface area contributed by atoms with Crippen LogP contribution in [-0.4, -0.2) is 31.9 Å². The number of nitrogens with one attached hydrogen (secondary N) is 1. The predicted molar refractivity (Wildman–Crippen MR) is 73.3 cm³/mol. The lowest BCUT2D eigenvalue weighted by Gasteiger charge is -2.04. The first-order valence-corrected chi connectivity index (χ1v) is 8.13. The van der Waals surface area contributed by atoms with E-state index in [-0.39, 0.29) is 4.90 Å². The van der Waals surface area contributed by atoms with E-state index in [0.29, 0.717) is 12.4 Å². The van der Waals surface area contributed by atoms with Crippen molar-refractivity contribution in [1.82, 2.24) is 10.2 Å². The number of benzene rings is 1. The molecule has 1 aromatic carbocycles. The van der Waals surface area contributed by atoms with Crippen molar-refractivity contribution in [2.24, 2.45) is 0 Å². The molecule has 1 heterocycles. The van der Waals surface area contributed by atoms with E-state index < -0.39 is 9.84 Å². The van der Waals surface area contributed by atoms with E-state index in [0.717, 1.165) is 10.1 Å². The summed E-state index contributed by atoms with van der Waals surface area (Å²) >= 11 is 1.41. The predicted octanol–water partition coefficient (Wildman–Crippen LogP) is 1.56. The zero-order valence-electron chi connectivity index (χ0n) is 10.5. The Morgan fingerprint density at radius 1 is 1.26 bits per heavy atom. The Morgan fingerprint density at radius 3 is 2.47 bits per heavy atom. The van der Waals surface area contributed by atoms with Crippen LogP contribution < -0.4 is 10.1 Å². The molecule has 0 aliphatic rings. The minimum Gasteiger partial charge on any atom is -0.486 e. The lowest BCUT2D eigenvalue weighted by atomic mass is 10.3. The van der Waals surface area contributed by atoms with Crippen LogP contribution in [0.15, 0.2) is 29.2 Å². The lowest BCUT2D eigenvalue weighted by Crippen LogP contribution is -1.98. The van der Waals surface area contributed by atoms with Crippen molar-refractivity contribution in [1.29, 1.82) is 0 Å². The monoisotopic (exact) mass is 299 g/mol. The van der Waals surface area contributed by atoms with Gasteiger partial charge in [0, 0.05) is 13.3 Å². The molecule has 2 rings (SSSR count). The first kappa shape index (κ1) is 13.8. The van der Waals surface area contributed by atoms with Gasteiger partial charge in [0.2, 0.25) is 5.13 Å². The molecule has 0 atom stereocenters. The topological polar surface area (TPSA) is 81.2 Å². The van der Waals surface area contributed by atoms with Gasteiger partial charge in [0.15, 0.2) is 14.8 Å². The van der Waals surface area contributed by atoms with Gasteiger partial charge in [-0.3, -0.25) is 0 Å². The highest BCUT2D eigenvalue weighted by molar-refractivity contribution is 7.90. The average Bonchev–Trinajstić information content (AvgIpc) is 2.84. The number of aromatic nitrogens is 2. The Kier molecular flexibility index (Phi) is 4.01. The van der Waals surface area contributed by atoms with Gasteiger partial charge in [0.25, 0.3) is 0 Å².